The maximum atomic E-state index is 13.5. The summed E-state index contributed by atoms with van der Waals surface area (Å²) in [6, 6.07) is 20.4. The molecule has 3 aromatic carbocycles. The molecule has 9 nitrogen and oxygen atoms in total. The lowest BCUT2D eigenvalue weighted by atomic mass is 10.1. The van der Waals surface area contributed by atoms with Crippen LogP contribution in [0, 0.1) is 0 Å². The normalized spacial score (nSPS) is 13.4. The molecule has 1 fully saturated rings. The molecule has 1 aromatic heterocycles. The van der Waals surface area contributed by atoms with E-state index in [9.17, 15) is 9.59 Å². The van der Waals surface area contributed by atoms with Crippen LogP contribution in [0.2, 0.25) is 0 Å². The van der Waals surface area contributed by atoms with Gasteiger partial charge in [0.15, 0.2) is 23.9 Å². The molecule has 210 valence electrons. The van der Waals surface area contributed by atoms with E-state index < -0.39 is 0 Å². The van der Waals surface area contributed by atoms with Crippen LogP contribution in [0.1, 0.15) is 18.1 Å². The zero-order chi connectivity index (χ0) is 28.6. The molecule has 5 rings (SSSR count). The van der Waals surface area contributed by atoms with Gasteiger partial charge in [0.1, 0.15) is 0 Å². The molecule has 4 aromatic rings. The smallest absolute Gasteiger partial charge is 0.282 e. The van der Waals surface area contributed by atoms with Gasteiger partial charge in [0.05, 0.1) is 36.9 Å². The number of rotatable bonds is 10. The van der Waals surface area contributed by atoms with Crippen LogP contribution in [-0.2, 0) is 16.0 Å². The van der Waals surface area contributed by atoms with Crippen LogP contribution in [0.5, 0.6) is 11.5 Å². The molecule has 1 aliphatic rings. The average Bonchev–Trinajstić information content (AvgIpc) is 3.01. The second kappa shape index (κ2) is 13.1. The summed E-state index contributed by atoms with van der Waals surface area (Å²) < 4.78 is 18.6. The Morgan fingerprint density at radius 3 is 2.59 bits per heavy atom. The molecule has 0 aliphatic carbocycles. The lowest BCUT2D eigenvalue weighted by Crippen LogP contribution is -2.43. The monoisotopic (exact) mass is 552 g/mol. The first-order valence-electron chi connectivity index (χ1n) is 13.6. The Labute approximate surface area is 238 Å². The lowest BCUT2D eigenvalue weighted by molar-refractivity contribution is -0.137. The van der Waals surface area contributed by atoms with Gasteiger partial charge in [-0.25, -0.2) is 4.98 Å². The highest BCUT2D eigenvalue weighted by Crippen LogP contribution is 2.34. The SMILES string of the molecule is C=CCc1cc(C=Nn2c(-c3ccccc3)nc3ccccc3c2=O)cc(OCC)c1OCC(=O)N1CCOCC1. The van der Waals surface area contributed by atoms with E-state index in [2.05, 4.69) is 11.7 Å². The van der Waals surface area contributed by atoms with E-state index >= 15 is 0 Å². The van der Waals surface area contributed by atoms with Gasteiger partial charge in [0.2, 0.25) is 0 Å². The summed E-state index contributed by atoms with van der Waals surface area (Å²) in [7, 11) is 0. The molecule has 0 saturated carbocycles. The predicted octanol–water partition coefficient (Wildman–Crippen LogP) is 4.31. The molecule has 0 radical (unpaired) electrons. The molecule has 0 N–H and O–H groups in total. The van der Waals surface area contributed by atoms with Gasteiger partial charge in [-0.3, -0.25) is 9.59 Å². The Bertz CT molecular complexity index is 1620. The molecule has 1 aliphatic heterocycles. The number of nitrogens with zero attached hydrogens (tertiary/aromatic N) is 4. The van der Waals surface area contributed by atoms with Crippen LogP contribution in [0.15, 0.2) is 89.3 Å². The van der Waals surface area contributed by atoms with Gasteiger partial charge in [0.25, 0.3) is 11.5 Å². The minimum atomic E-state index is -0.274. The first-order chi connectivity index (χ1) is 20.1. The van der Waals surface area contributed by atoms with Crippen molar-refractivity contribution in [2.24, 2.45) is 5.10 Å². The third kappa shape index (κ3) is 6.36. The Hall–Kier alpha value is -4.76. The maximum absolute atomic E-state index is 13.5. The van der Waals surface area contributed by atoms with Crippen molar-refractivity contribution in [3.8, 4) is 22.9 Å². The molecule has 41 heavy (non-hydrogen) atoms. The minimum Gasteiger partial charge on any atom is -0.490 e. The first-order valence-corrected chi connectivity index (χ1v) is 13.6. The van der Waals surface area contributed by atoms with Gasteiger partial charge in [-0.2, -0.15) is 9.78 Å². The third-order valence-corrected chi connectivity index (χ3v) is 6.63. The van der Waals surface area contributed by atoms with Crippen molar-refractivity contribution >= 4 is 23.0 Å². The van der Waals surface area contributed by atoms with Crippen LogP contribution in [0.4, 0.5) is 0 Å². The van der Waals surface area contributed by atoms with E-state index in [1.165, 1.54) is 4.68 Å². The largest absolute Gasteiger partial charge is 0.490 e. The van der Waals surface area contributed by atoms with E-state index in [1.54, 1.807) is 35.4 Å². The molecule has 0 atom stereocenters. The van der Waals surface area contributed by atoms with Crippen molar-refractivity contribution in [2.75, 3.05) is 39.5 Å². The van der Waals surface area contributed by atoms with Gasteiger partial charge < -0.3 is 19.1 Å². The van der Waals surface area contributed by atoms with E-state index in [4.69, 9.17) is 19.2 Å². The fraction of sp³-hybridized carbons (Fsp3) is 0.250. The fourth-order valence-corrected chi connectivity index (χ4v) is 4.66. The maximum Gasteiger partial charge on any atom is 0.282 e. The fourth-order valence-electron chi connectivity index (χ4n) is 4.66. The second-order valence-corrected chi connectivity index (χ2v) is 9.40. The summed E-state index contributed by atoms with van der Waals surface area (Å²) in [5.41, 5.74) is 2.57. The number of aromatic nitrogens is 2. The van der Waals surface area contributed by atoms with Crippen molar-refractivity contribution in [3.63, 3.8) is 0 Å². The molecule has 1 amide bonds. The molecular weight excluding hydrogens is 520 g/mol. The number of ether oxygens (including phenoxy) is 3. The molecule has 2 heterocycles. The summed E-state index contributed by atoms with van der Waals surface area (Å²) in [6.07, 6.45) is 3.84. The van der Waals surface area contributed by atoms with Crippen LogP contribution in [0.3, 0.4) is 0 Å². The number of carbonyl (C=O) groups excluding carboxylic acids is 1. The topological polar surface area (TPSA) is 95.2 Å². The zero-order valence-corrected chi connectivity index (χ0v) is 23.0. The number of hydrogen-bond acceptors (Lipinski definition) is 7. The number of benzene rings is 3. The van der Waals surface area contributed by atoms with E-state index in [0.717, 1.165) is 11.1 Å². The quantitative estimate of drug-likeness (QED) is 0.215. The van der Waals surface area contributed by atoms with Crippen LogP contribution in [-0.4, -0.2) is 66.2 Å². The average molecular weight is 553 g/mol. The van der Waals surface area contributed by atoms with E-state index in [0.29, 0.717) is 73.1 Å². The van der Waals surface area contributed by atoms with E-state index in [1.807, 2.05) is 55.5 Å². The van der Waals surface area contributed by atoms with Gasteiger partial charge in [-0.05, 0) is 43.2 Å². The number of morpholine rings is 1. The highest BCUT2D eigenvalue weighted by molar-refractivity contribution is 5.83. The number of fused-ring (bicyclic) bond motifs is 1. The summed E-state index contributed by atoms with van der Waals surface area (Å²) >= 11 is 0. The summed E-state index contributed by atoms with van der Waals surface area (Å²) in [4.78, 5) is 32.7. The van der Waals surface area contributed by atoms with Crippen molar-refractivity contribution in [1.29, 1.82) is 0 Å². The number of para-hydroxylation sites is 1. The highest BCUT2D eigenvalue weighted by Gasteiger charge is 2.20. The van der Waals surface area contributed by atoms with Crippen LogP contribution >= 0.6 is 0 Å². The van der Waals surface area contributed by atoms with Gasteiger partial charge in [-0.15, -0.1) is 6.58 Å². The van der Waals surface area contributed by atoms with E-state index in [-0.39, 0.29) is 18.1 Å². The van der Waals surface area contributed by atoms with Gasteiger partial charge in [0, 0.05) is 24.2 Å². The summed E-state index contributed by atoms with van der Waals surface area (Å²) in [6.45, 7) is 8.17. The summed E-state index contributed by atoms with van der Waals surface area (Å²) in [5.74, 6) is 1.29. The molecule has 0 spiro atoms. The molecule has 9 heteroatoms. The zero-order valence-electron chi connectivity index (χ0n) is 23.0. The van der Waals surface area contributed by atoms with Crippen molar-refractivity contribution < 1.29 is 19.0 Å². The number of allylic oxidation sites excluding steroid dienone is 1. The third-order valence-electron chi connectivity index (χ3n) is 6.63. The predicted molar refractivity (Wildman–Crippen MR) is 159 cm³/mol. The highest BCUT2D eigenvalue weighted by atomic mass is 16.5. The first kappa shape index (κ1) is 27.8. The molecule has 0 unspecified atom stereocenters. The Morgan fingerprint density at radius 2 is 1.83 bits per heavy atom. The van der Waals surface area contributed by atoms with Crippen molar-refractivity contribution in [3.05, 3.63) is 101 Å². The summed E-state index contributed by atoms with van der Waals surface area (Å²) in [5, 5.41) is 5.06. The number of amides is 1. The Balaban J connectivity index is 1.52. The van der Waals surface area contributed by atoms with Crippen LogP contribution in [0.25, 0.3) is 22.3 Å². The minimum absolute atomic E-state index is 0.109. The van der Waals surface area contributed by atoms with Crippen LogP contribution < -0.4 is 15.0 Å². The molecule has 1 saturated heterocycles. The Kier molecular flexibility index (Phi) is 8.85. The van der Waals surface area contributed by atoms with Crippen molar-refractivity contribution in [1.82, 2.24) is 14.6 Å². The second-order valence-electron chi connectivity index (χ2n) is 9.40. The van der Waals surface area contributed by atoms with Gasteiger partial charge in [-0.1, -0.05) is 48.5 Å². The van der Waals surface area contributed by atoms with Crippen molar-refractivity contribution in [2.45, 2.75) is 13.3 Å². The number of hydrogen-bond donors (Lipinski definition) is 0. The number of carbonyl (C=O) groups is 1. The lowest BCUT2D eigenvalue weighted by Gasteiger charge is -2.27. The standard InChI is InChI=1S/C32H32N4O5/c1-3-10-25-19-23(20-28(40-4-2)30(25)41-22-29(37)35-15-17-39-18-16-35)21-33-36-31(24-11-6-5-7-12-24)34-27-14-9-8-13-26(27)32(36)38/h3,5-9,11-14,19-21H,1,4,10,15-18,22H2,2H3. The van der Waals surface area contributed by atoms with Gasteiger partial charge >= 0.3 is 0 Å². The molecular formula is C32H32N4O5. The molecule has 0 bridgehead atoms. The Morgan fingerprint density at radius 1 is 1.07 bits per heavy atom.